The summed E-state index contributed by atoms with van der Waals surface area (Å²) in [5, 5.41) is 0. The van der Waals surface area contributed by atoms with Gasteiger partial charge in [-0.15, -0.1) is 0 Å². The number of nitrogens with zero attached hydrogens (tertiary/aromatic N) is 2. The van der Waals surface area contributed by atoms with Gasteiger partial charge in [0, 0.05) is 43.9 Å². The summed E-state index contributed by atoms with van der Waals surface area (Å²) in [5.74, 6) is 1.22. The van der Waals surface area contributed by atoms with Crippen LogP contribution in [-0.4, -0.2) is 60.5 Å². The van der Waals surface area contributed by atoms with E-state index in [1.54, 1.807) is 0 Å². The van der Waals surface area contributed by atoms with Crippen LogP contribution in [0, 0.1) is 0 Å². The van der Waals surface area contributed by atoms with E-state index in [4.69, 9.17) is 9.47 Å². The summed E-state index contributed by atoms with van der Waals surface area (Å²) in [6.07, 6.45) is 1.44. The lowest BCUT2D eigenvalue weighted by molar-refractivity contribution is -0.146. The SMILES string of the molecule is O=C(C1c2ccccc2Oc2ccccc21)N1CCN(C(=O)[C@H]2CCCO2)CC1. The first-order valence-corrected chi connectivity index (χ1v) is 10.3. The molecule has 29 heavy (non-hydrogen) atoms. The summed E-state index contributed by atoms with van der Waals surface area (Å²) in [6, 6.07) is 15.5. The molecule has 0 radical (unpaired) electrons. The Morgan fingerprint density at radius 1 is 0.793 bits per heavy atom. The van der Waals surface area contributed by atoms with Gasteiger partial charge in [-0.05, 0) is 25.0 Å². The number of hydrogen-bond donors (Lipinski definition) is 0. The topological polar surface area (TPSA) is 59.1 Å². The largest absolute Gasteiger partial charge is 0.457 e. The smallest absolute Gasteiger partial charge is 0.251 e. The summed E-state index contributed by atoms with van der Waals surface area (Å²) < 4.78 is 11.5. The first-order valence-electron chi connectivity index (χ1n) is 10.3. The third-order valence-electron chi connectivity index (χ3n) is 6.04. The van der Waals surface area contributed by atoms with Crippen molar-refractivity contribution in [3.8, 4) is 11.5 Å². The number of fused-ring (bicyclic) bond motifs is 2. The van der Waals surface area contributed by atoms with Crippen molar-refractivity contribution in [2.75, 3.05) is 32.8 Å². The summed E-state index contributed by atoms with van der Waals surface area (Å²) >= 11 is 0. The first-order chi connectivity index (χ1) is 14.2. The second-order valence-electron chi connectivity index (χ2n) is 7.76. The van der Waals surface area contributed by atoms with Gasteiger partial charge in [-0.1, -0.05) is 36.4 Å². The van der Waals surface area contributed by atoms with E-state index >= 15 is 0 Å². The number of hydrogen-bond acceptors (Lipinski definition) is 4. The number of para-hydroxylation sites is 2. The predicted molar refractivity (Wildman–Crippen MR) is 107 cm³/mol. The lowest BCUT2D eigenvalue weighted by atomic mass is 9.86. The highest BCUT2D eigenvalue weighted by Crippen LogP contribution is 2.44. The average molecular weight is 392 g/mol. The first kappa shape index (κ1) is 18.2. The Morgan fingerprint density at radius 3 is 1.90 bits per heavy atom. The Morgan fingerprint density at radius 2 is 1.34 bits per heavy atom. The van der Waals surface area contributed by atoms with Crippen molar-refractivity contribution >= 4 is 11.8 Å². The molecule has 0 spiro atoms. The normalized spacial score (nSPS) is 21.3. The van der Waals surface area contributed by atoms with E-state index < -0.39 is 0 Å². The molecule has 5 rings (SSSR count). The Hall–Kier alpha value is -2.86. The maximum absolute atomic E-state index is 13.6. The molecule has 0 aliphatic carbocycles. The highest BCUT2D eigenvalue weighted by Gasteiger charge is 2.37. The molecule has 3 aliphatic rings. The van der Waals surface area contributed by atoms with Crippen LogP contribution in [0.4, 0.5) is 0 Å². The van der Waals surface area contributed by atoms with Gasteiger partial charge < -0.3 is 19.3 Å². The van der Waals surface area contributed by atoms with Gasteiger partial charge in [0.25, 0.3) is 5.91 Å². The Balaban J connectivity index is 1.35. The molecule has 2 amide bonds. The molecule has 0 saturated carbocycles. The molecule has 3 aliphatic heterocycles. The molecule has 0 N–H and O–H groups in total. The van der Waals surface area contributed by atoms with Crippen LogP contribution < -0.4 is 4.74 Å². The minimum Gasteiger partial charge on any atom is -0.457 e. The third kappa shape index (κ3) is 3.27. The lowest BCUT2D eigenvalue weighted by Gasteiger charge is -2.38. The molecule has 150 valence electrons. The zero-order valence-electron chi connectivity index (χ0n) is 16.3. The van der Waals surface area contributed by atoms with Gasteiger partial charge in [0.15, 0.2) is 0 Å². The zero-order valence-corrected chi connectivity index (χ0v) is 16.3. The predicted octanol–water partition coefficient (Wildman–Crippen LogP) is 2.77. The van der Waals surface area contributed by atoms with E-state index in [-0.39, 0.29) is 23.8 Å². The lowest BCUT2D eigenvalue weighted by Crippen LogP contribution is -2.53. The van der Waals surface area contributed by atoms with Gasteiger partial charge in [0.1, 0.15) is 17.6 Å². The number of amides is 2. The fourth-order valence-electron chi connectivity index (χ4n) is 4.48. The molecule has 2 aromatic carbocycles. The number of benzene rings is 2. The van der Waals surface area contributed by atoms with Gasteiger partial charge in [0.2, 0.25) is 5.91 Å². The Bertz CT molecular complexity index is 884. The molecule has 0 bridgehead atoms. The maximum atomic E-state index is 13.6. The summed E-state index contributed by atoms with van der Waals surface area (Å²) in [6.45, 7) is 2.85. The van der Waals surface area contributed by atoms with Crippen molar-refractivity contribution in [1.29, 1.82) is 0 Å². The molecule has 0 aromatic heterocycles. The van der Waals surface area contributed by atoms with Gasteiger partial charge in [-0.3, -0.25) is 9.59 Å². The van der Waals surface area contributed by atoms with Crippen molar-refractivity contribution < 1.29 is 19.1 Å². The van der Waals surface area contributed by atoms with Gasteiger partial charge in [-0.2, -0.15) is 0 Å². The van der Waals surface area contributed by atoms with Crippen LogP contribution in [0.3, 0.4) is 0 Å². The number of piperazine rings is 1. The highest BCUT2D eigenvalue weighted by atomic mass is 16.5. The quantitative estimate of drug-likeness (QED) is 0.789. The van der Waals surface area contributed by atoms with Crippen molar-refractivity contribution in [3.05, 3.63) is 59.7 Å². The number of rotatable bonds is 2. The molecule has 0 unspecified atom stereocenters. The number of carbonyl (C=O) groups excluding carboxylic acids is 2. The zero-order chi connectivity index (χ0) is 19.8. The van der Waals surface area contributed by atoms with E-state index in [2.05, 4.69) is 0 Å². The second kappa shape index (κ2) is 7.52. The monoisotopic (exact) mass is 392 g/mol. The Kier molecular flexibility index (Phi) is 4.72. The molecule has 3 heterocycles. The van der Waals surface area contributed by atoms with Crippen molar-refractivity contribution in [3.63, 3.8) is 0 Å². The van der Waals surface area contributed by atoms with Gasteiger partial charge in [0.05, 0.1) is 5.92 Å². The number of carbonyl (C=O) groups is 2. The number of ether oxygens (including phenoxy) is 2. The van der Waals surface area contributed by atoms with E-state index in [1.807, 2.05) is 58.3 Å². The molecule has 2 fully saturated rings. The average Bonchev–Trinajstić information content (AvgIpc) is 3.31. The van der Waals surface area contributed by atoms with Gasteiger partial charge >= 0.3 is 0 Å². The van der Waals surface area contributed by atoms with Crippen LogP contribution in [-0.2, 0) is 14.3 Å². The van der Waals surface area contributed by atoms with Crippen LogP contribution in [0.5, 0.6) is 11.5 Å². The van der Waals surface area contributed by atoms with Crippen LogP contribution in [0.2, 0.25) is 0 Å². The molecule has 6 heteroatoms. The van der Waals surface area contributed by atoms with Crippen molar-refractivity contribution in [2.24, 2.45) is 0 Å². The van der Waals surface area contributed by atoms with E-state index in [0.717, 1.165) is 35.5 Å². The van der Waals surface area contributed by atoms with Gasteiger partial charge in [-0.25, -0.2) is 0 Å². The van der Waals surface area contributed by atoms with Crippen LogP contribution in [0.15, 0.2) is 48.5 Å². The summed E-state index contributed by atoms with van der Waals surface area (Å²) in [5.41, 5.74) is 1.79. The van der Waals surface area contributed by atoms with Crippen molar-refractivity contribution in [2.45, 2.75) is 24.9 Å². The molecular weight excluding hydrogens is 368 g/mol. The fourth-order valence-corrected chi connectivity index (χ4v) is 4.48. The molecule has 6 nitrogen and oxygen atoms in total. The minimum absolute atomic E-state index is 0.0661. The van der Waals surface area contributed by atoms with Crippen LogP contribution in [0.25, 0.3) is 0 Å². The van der Waals surface area contributed by atoms with Crippen LogP contribution >= 0.6 is 0 Å². The van der Waals surface area contributed by atoms with E-state index in [0.29, 0.717) is 32.8 Å². The molecule has 2 aromatic rings. The molecule has 2 saturated heterocycles. The summed E-state index contributed by atoms with van der Waals surface area (Å²) in [7, 11) is 0. The fraction of sp³-hybridized carbons (Fsp3) is 0.391. The Labute approximate surface area is 170 Å². The summed E-state index contributed by atoms with van der Waals surface area (Å²) in [4.78, 5) is 29.9. The second-order valence-corrected chi connectivity index (χ2v) is 7.76. The van der Waals surface area contributed by atoms with Crippen molar-refractivity contribution in [1.82, 2.24) is 9.80 Å². The molecular formula is C23H24N2O4. The molecule has 1 atom stereocenters. The maximum Gasteiger partial charge on any atom is 0.251 e. The minimum atomic E-state index is -0.378. The van der Waals surface area contributed by atoms with Crippen LogP contribution in [0.1, 0.15) is 29.9 Å². The standard InChI is InChI=1S/C23H24N2O4/c26-22(20-10-5-15-28-20)24-11-13-25(14-12-24)23(27)21-16-6-1-3-8-18(16)29-19-9-4-2-7-17(19)21/h1-4,6-9,20-21H,5,10-15H2/t20-/m1/s1. The van der Waals surface area contributed by atoms with E-state index in [9.17, 15) is 9.59 Å². The third-order valence-corrected chi connectivity index (χ3v) is 6.04. The van der Waals surface area contributed by atoms with E-state index in [1.165, 1.54) is 0 Å². The highest BCUT2D eigenvalue weighted by molar-refractivity contribution is 5.90.